The molecule has 3 nitrogen and oxygen atoms in total. The molecule has 0 unspecified atom stereocenters. The van der Waals surface area contributed by atoms with Gasteiger partial charge in [-0.1, -0.05) is 11.6 Å². The Kier molecular flexibility index (Phi) is 3.36. The van der Waals surface area contributed by atoms with Crippen molar-refractivity contribution >= 4 is 23.3 Å². The van der Waals surface area contributed by atoms with Crippen LogP contribution in [0.2, 0.25) is 5.02 Å². The minimum atomic E-state index is -0.846. The predicted octanol–water partition coefficient (Wildman–Crippen LogP) is 2.17. The van der Waals surface area contributed by atoms with Gasteiger partial charge in [-0.25, -0.2) is 0 Å². The Hall–Kier alpha value is -1.22. The smallest absolute Gasteiger partial charge is 0.323 e. The van der Waals surface area contributed by atoms with Gasteiger partial charge in [-0.05, 0) is 30.7 Å². The molecule has 0 radical (unpaired) electrons. The van der Waals surface area contributed by atoms with Crippen LogP contribution in [0, 0.1) is 6.92 Å². The first-order valence-corrected chi connectivity index (χ1v) is 4.57. The molecular formula is C10H12ClNO2. The summed E-state index contributed by atoms with van der Waals surface area (Å²) in [6.45, 7) is 1.89. The molecule has 0 aliphatic rings. The van der Waals surface area contributed by atoms with Gasteiger partial charge in [-0.2, -0.15) is 0 Å². The van der Waals surface area contributed by atoms with Crippen LogP contribution in [0.25, 0.3) is 0 Å². The lowest BCUT2D eigenvalue weighted by Gasteiger charge is -2.19. The fraction of sp³-hybridized carbons (Fsp3) is 0.300. The van der Waals surface area contributed by atoms with Crippen molar-refractivity contribution in [3.05, 3.63) is 28.8 Å². The number of carboxylic acid groups (broad SMARTS) is 1. The molecule has 14 heavy (non-hydrogen) atoms. The van der Waals surface area contributed by atoms with Crippen LogP contribution in [0.5, 0.6) is 0 Å². The van der Waals surface area contributed by atoms with Crippen molar-refractivity contribution in [3.8, 4) is 0 Å². The second kappa shape index (κ2) is 4.33. The molecule has 1 N–H and O–H groups in total. The van der Waals surface area contributed by atoms with Crippen LogP contribution in [0.1, 0.15) is 5.56 Å². The summed E-state index contributed by atoms with van der Waals surface area (Å²) in [4.78, 5) is 12.2. The van der Waals surface area contributed by atoms with Gasteiger partial charge in [0.05, 0.1) is 0 Å². The lowest BCUT2D eigenvalue weighted by Crippen LogP contribution is -2.25. The van der Waals surface area contributed by atoms with Crippen molar-refractivity contribution in [1.29, 1.82) is 0 Å². The van der Waals surface area contributed by atoms with E-state index >= 15 is 0 Å². The van der Waals surface area contributed by atoms with Crippen molar-refractivity contribution < 1.29 is 9.90 Å². The Morgan fingerprint density at radius 1 is 1.57 bits per heavy atom. The zero-order chi connectivity index (χ0) is 10.7. The average molecular weight is 214 g/mol. The average Bonchev–Trinajstić information content (AvgIpc) is 2.01. The van der Waals surface area contributed by atoms with Gasteiger partial charge in [0.1, 0.15) is 6.54 Å². The normalized spacial score (nSPS) is 9.93. The quantitative estimate of drug-likeness (QED) is 0.837. The molecule has 0 saturated carbocycles. The number of rotatable bonds is 3. The molecule has 0 aliphatic carbocycles. The van der Waals surface area contributed by atoms with Gasteiger partial charge in [0, 0.05) is 17.8 Å². The topological polar surface area (TPSA) is 40.5 Å². The molecule has 0 fully saturated rings. The van der Waals surface area contributed by atoms with E-state index in [2.05, 4.69) is 0 Å². The van der Waals surface area contributed by atoms with Crippen molar-refractivity contribution in [2.75, 3.05) is 18.5 Å². The predicted molar refractivity (Wildman–Crippen MR) is 57.1 cm³/mol. The molecule has 0 aliphatic heterocycles. The highest BCUT2D eigenvalue weighted by molar-refractivity contribution is 6.30. The second-order valence-electron chi connectivity index (χ2n) is 3.18. The first-order valence-electron chi connectivity index (χ1n) is 4.20. The summed E-state index contributed by atoms with van der Waals surface area (Å²) in [6, 6.07) is 5.39. The minimum absolute atomic E-state index is 0.0114. The van der Waals surface area contributed by atoms with E-state index in [9.17, 15) is 4.79 Å². The van der Waals surface area contributed by atoms with Crippen LogP contribution in [-0.4, -0.2) is 24.7 Å². The highest BCUT2D eigenvalue weighted by atomic mass is 35.5. The molecule has 0 bridgehead atoms. The number of benzene rings is 1. The molecule has 0 spiro atoms. The van der Waals surface area contributed by atoms with Crippen molar-refractivity contribution in [3.63, 3.8) is 0 Å². The molecule has 0 saturated heterocycles. The Bertz CT molecular complexity index is 352. The zero-order valence-corrected chi connectivity index (χ0v) is 8.88. The molecule has 0 amide bonds. The third-order valence-electron chi connectivity index (χ3n) is 1.94. The summed E-state index contributed by atoms with van der Waals surface area (Å²) in [5.41, 5.74) is 1.86. The number of anilines is 1. The van der Waals surface area contributed by atoms with Crippen molar-refractivity contribution in [2.24, 2.45) is 0 Å². The number of nitrogens with zero attached hydrogens (tertiary/aromatic N) is 1. The molecule has 76 valence electrons. The minimum Gasteiger partial charge on any atom is -0.480 e. The summed E-state index contributed by atoms with van der Waals surface area (Å²) >= 11 is 5.79. The maximum absolute atomic E-state index is 10.5. The SMILES string of the molecule is Cc1cc(Cl)ccc1N(C)CC(=O)O. The number of hydrogen-bond donors (Lipinski definition) is 1. The largest absolute Gasteiger partial charge is 0.480 e. The third-order valence-corrected chi connectivity index (χ3v) is 2.18. The number of aliphatic carboxylic acids is 1. The maximum Gasteiger partial charge on any atom is 0.323 e. The zero-order valence-electron chi connectivity index (χ0n) is 8.12. The van der Waals surface area contributed by atoms with Gasteiger partial charge in [-0.3, -0.25) is 4.79 Å². The summed E-state index contributed by atoms with van der Waals surface area (Å²) in [5.74, 6) is -0.846. The van der Waals surface area contributed by atoms with E-state index in [0.717, 1.165) is 11.3 Å². The van der Waals surface area contributed by atoms with Crippen LogP contribution in [-0.2, 0) is 4.79 Å². The maximum atomic E-state index is 10.5. The van der Waals surface area contributed by atoms with Crippen LogP contribution in [0.4, 0.5) is 5.69 Å². The standard InChI is InChI=1S/C10H12ClNO2/c1-7-5-8(11)3-4-9(7)12(2)6-10(13)14/h3-5H,6H2,1-2H3,(H,13,14). The van der Waals surface area contributed by atoms with Gasteiger partial charge < -0.3 is 10.0 Å². The van der Waals surface area contributed by atoms with E-state index in [4.69, 9.17) is 16.7 Å². The number of carboxylic acids is 1. The number of hydrogen-bond acceptors (Lipinski definition) is 2. The second-order valence-corrected chi connectivity index (χ2v) is 3.62. The fourth-order valence-corrected chi connectivity index (χ4v) is 1.56. The van der Waals surface area contributed by atoms with Gasteiger partial charge in [0.2, 0.25) is 0 Å². The van der Waals surface area contributed by atoms with Crippen molar-refractivity contribution in [1.82, 2.24) is 0 Å². The van der Waals surface area contributed by atoms with Crippen LogP contribution >= 0.6 is 11.6 Å². The number of aryl methyl sites for hydroxylation is 1. The number of carbonyl (C=O) groups is 1. The molecule has 1 aromatic carbocycles. The molecule has 1 rings (SSSR count). The summed E-state index contributed by atoms with van der Waals surface area (Å²) < 4.78 is 0. The van der Waals surface area contributed by atoms with Gasteiger partial charge in [0.25, 0.3) is 0 Å². The highest BCUT2D eigenvalue weighted by Gasteiger charge is 2.07. The fourth-order valence-electron chi connectivity index (χ4n) is 1.34. The summed E-state index contributed by atoms with van der Waals surface area (Å²) in [7, 11) is 1.74. The van der Waals surface area contributed by atoms with Gasteiger partial charge in [-0.15, -0.1) is 0 Å². The van der Waals surface area contributed by atoms with E-state index < -0.39 is 5.97 Å². The van der Waals surface area contributed by atoms with Crippen LogP contribution in [0.15, 0.2) is 18.2 Å². The molecule has 0 heterocycles. The Morgan fingerprint density at radius 2 is 2.21 bits per heavy atom. The Balaban J connectivity index is 2.90. The lowest BCUT2D eigenvalue weighted by molar-refractivity contribution is -0.135. The van der Waals surface area contributed by atoms with Crippen LogP contribution < -0.4 is 4.90 Å². The summed E-state index contributed by atoms with van der Waals surface area (Å²) in [6.07, 6.45) is 0. The van der Waals surface area contributed by atoms with E-state index in [0.29, 0.717) is 5.02 Å². The Morgan fingerprint density at radius 3 is 2.71 bits per heavy atom. The highest BCUT2D eigenvalue weighted by Crippen LogP contribution is 2.22. The van der Waals surface area contributed by atoms with Gasteiger partial charge >= 0.3 is 5.97 Å². The molecular weight excluding hydrogens is 202 g/mol. The first-order chi connectivity index (χ1) is 6.50. The number of halogens is 1. The van der Waals surface area contributed by atoms with Crippen LogP contribution in [0.3, 0.4) is 0 Å². The van der Waals surface area contributed by atoms with E-state index in [-0.39, 0.29) is 6.54 Å². The van der Waals surface area contributed by atoms with E-state index in [1.807, 2.05) is 19.1 Å². The van der Waals surface area contributed by atoms with E-state index in [1.165, 1.54) is 0 Å². The molecule has 4 heteroatoms. The molecule has 1 aromatic rings. The monoisotopic (exact) mass is 213 g/mol. The Labute approximate surface area is 87.9 Å². The van der Waals surface area contributed by atoms with Gasteiger partial charge in [0.15, 0.2) is 0 Å². The van der Waals surface area contributed by atoms with Crippen molar-refractivity contribution in [2.45, 2.75) is 6.92 Å². The number of likely N-dealkylation sites (N-methyl/N-ethyl adjacent to an activating group) is 1. The lowest BCUT2D eigenvalue weighted by atomic mass is 10.2. The first kappa shape index (κ1) is 10.9. The summed E-state index contributed by atoms with van der Waals surface area (Å²) in [5, 5.41) is 9.28. The molecule has 0 aromatic heterocycles. The molecule has 0 atom stereocenters. The third kappa shape index (κ3) is 2.64. The van der Waals surface area contributed by atoms with E-state index in [1.54, 1.807) is 18.0 Å².